The van der Waals surface area contributed by atoms with Crippen molar-refractivity contribution in [2.45, 2.75) is 77.4 Å². The van der Waals surface area contributed by atoms with E-state index in [0.717, 1.165) is 25.7 Å². The van der Waals surface area contributed by atoms with Gasteiger partial charge in [-0.15, -0.1) is 0 Å². The van der Waals surface area contributed by atoms with Crippen molar-refractivity contribution >= 4 is 5.57 Å². The standard InChI is InChI=1S/C25H35NO2/c1-16-13-19-21-7-6-20(17-5-4-12-26-15-17)23(21,2)10-9-22(19)24(3)11-8-18(27)14-25(16,24)28/h4-6,12,15-16,18-19,21-22,27-28H,7-11,13-14H2,1-3H3/t16?,18-,19-,21-,22-,23+,24+,25?/m0/s1. The molecule has 0 saturated heterocycles. The van der Waals surface area contributed by atoms with Crippen molar-refractivity contribution in [2.75, 3.05) is 0 Å². The van der Waals surface area contributed by atoms with E-state index < -0.39 is 5.60 Å². The second-order valence-electron chi connectivity index (χ2n) is 10.8. The van der Waals surface area contributed by atoms with Crippen LogP contribution >= 0.6 is 0 Å². The highest BCUT2D eigenvalue weighted by Crippen LogP contribution is 2.69. The Morgan fingerprint density at radius 1 is 1.14 bits per heavy atom. The Labute approximate surface area is 169 Å². The average Bonchev–Trinajstić information content (AvgIpc) is 3.03. The molecular weight excluding hydrogens is 346 g/mol. The molecule has 4 aliphatic rings. The SMILES string of the molecule is CC1C[C@H]2[C@@H]3CC=C(c4cccnc4)[C@@]3(C)CC[C@@H]2[C@@]2(C)CC[C@H](O)CC12O. The molecule has 28 heavy (non-hydrogen) atoms. The molecule has 0 aromatic carbocycles. The lowest BCUT2D eigenvalue weighted by molar-refractivity contribution is -0.241. The topological polar surface area (TPSA) is 53.4 Å². The minimum atomic E-state index is -0.711. The summed E-state index contributed by atoms with van der Waals surface area (Å²) in [4.78, 5) is 4.38. The monoisotopic (exact) mass is 381 g/mol. The lowest BCUT2D eigenvalue weighted by Crippen LogP contribution is -2.66. The first-order chi connectivity index (χ1) is 13.3. The Balaban J connectivity index is 1.49. The number of hydrogen-bond donors (Lipinski definition) is 2. The van der Waals surface area contributed by atoms with Crippen LogP contribution in [0.4, 0.5) is 0 Å². The van der Waals surface area contributed by atoms with Crippen LogP contribution < -0.4 is 0 Å². The molecular formula is C25H35NO2. The zero-order chi connectivity index (χ0) is 19.7. The molecule has 152 valence electrons. The van der Waals surface area contributed by atoms with Gasteiger partial charge in [0.15, 0.2) is 0 Å². The maximum Gasteiger partial charge on any atom is 0.0753 e. The number of allylic oxidation sites excluding steroid dienone is 2. The van der Waals surface area contributed by atoms with E-state index in [-0.39, 0.29) is 22.9 Å². The van der Waals surface area contributed by atoms with Gasteiger partial charge < -0.3 is 10.2 Å². The molecule has 1 aromatic rings. The molecule has 2 unspecified atom stereocenters. The zero-order valence-electron chi connectivity index (χ0n) is 17.6. The van der Waals surface area contributed by atoms with Gasteiger partial charge in [0, 0.05) is 18.8 Å². The first-order valence-electron chi connectivity index (χ1n) is 11.3. The smallest absolute Gasteiger partial charge is 0.0753 e. The van der Waals surface area contributed by atoms with Gasteiger partial charge in [0.2, 0.25) is 0 Å². The predicted octanol–water partition coefficient (Wildman–Crippen LogP) is 4.84. The summed E-state index contributed by atoms with van der Waals surface area (Å²) < 4.78 is 0. The first-order valence-corrected chi connectivity index (χ1v) is 11.3. The van der Waals surface area contributed by atoms with Crippen molar-refractivity contribution in [3.05, 3.63) is 36.2 Å². The summed E-state index contributed by atoms with van der Waals surface area (Å²) in [5.74, 6) is 2.15. The predicted molar refractivity (Wildman–Crippen MR) is 111 cm³/mol. The molecule has 8 atom stereocenters. The molecule has 0 aliphatic heterocycles. The van der Waals surface area contributed by atoms with Crippen LogP contribution in [0.25, 0.3) is 5.57 Å². The van der Waals surface area contributed by atoms with Crippen LogP contribution in [-0.2, 0) is 0 Å². The van der Waals surface area contributed by atoms with E-state index in [9.17, 15) is 10.2 Å². The van der Waals surface area contributed by atoms with E-state index in [4.69, 9.17) is 0 Å². The third-order valence-electron chi connectivity index (χ3n) is 9.78. The number of pyridine rings is 1. The van der Waals surface area contributed by atoms with E-state index in [0.29, 0.717) is 24.2 Å². The minimum absolute atomic E-state index is 0.0626. The number of rotatable bonds is 1. The van der Waals surface area contributed by atoms with Gasteiger partial charge in [-0.3, -0.25) is 4.98 Å². The quantitative estimate of drug-likeness (QED) is 0.732. The van der Waals surface area contributed by atoms with Crippen LogP contribution in [0.2, 0.25) is 0 Å². The maximum absolute atomic E-state index is 11.8. The van der Waals surface area contributed by atoms with Crippen LogP contribution in [0, 0.1) is 34.5 Å². The number of hydrogen-bond acceptors (Lipinski definition) is 3. The van der Waals surface area contributed by atoms with E-state index >= 15 is 0 Å². The summed E-state index contributed by atoms with van der Waals surface area (Å²) in [6.45, 7) is 7.07. The van der Waals surface area contributed by atoms with Crippen molar-refractivity contribution < 1.29 is 10.2 Å². The van der Waals surface area contributed by atoms with Crippen LogP contribution in [0.1, 0.15) is 71.3 Å². The van der Waals surface area contributed by atoms with Crippen LogP contribution in [-0.4, -0.2) is 26.9 Å². The zero-order valence-corrected chi connectivity index (χ0v) is 17.6. The number of fused-ring (bicyclic) bond motifs is 5. The average molecular weight is 382 g/mol. The van der Waals surface area contributed by atoms with E-state index in [1.54, 1.807) is 0 Å². The van der Waals surface area contributed by atoms with Gasteiger partial charge in [-0.25, -0.2) is 0 Å². The van der Waals surface area contributed by atoms with Crippen molar-refractivity contribution in [1.82, 2.24) is 4.98 Å². The molecule has 3 fully saturated rings. The Bertz CT molecular complexity index is 791. The second-order valence-corrected chi connectivity index (χ2v) is 10.8. The van der Waals surface area contributed by atoms with Gasteiger partial charge in [-0.2, -0.15) is 0 Å². The number of aliphatic hydroxyl groups is 2. The van der Waals surface area contributed by atoms with Crippen molar-refractivity contribution in [2.24, 2.45) is 34.5 Å². The lowest BCUT2D eigenvalue weighted by atomic mass is 9.41. The Kier molecular flexibility index (Phi) is 4.13. The normalized spacial score (nSPS) is 50.3. The Hall–Kier alpha value is -1.19. The fraction of sp³-hybridized carbons (Fsp3) is 0.720. The molecule has 1 heterocycles. The molecule has 0 amide bonds. The van der Waals surface area contributed by atoms with Gasteiger partial charge in [-0.05, 0) is 90.2 Å². The summed E-state index contributed by atoms with van der Waals surface area (Å²) in [5.41, 5.74) is 2.24. The van der Waals surface area contributed by atoms with E-state index in [2.05, 4.69) is 44.0 Å². The Morgan fingerprint density at radius 3 is 2.71 bits per heavy atom. The highest BCUT2D eigenvalue weighted by Gasteiger charge is 2.65. The molecule has 4 aliphatic carbocycles. The van der Waals surface area contributed by atoms with Gasteiger partial charge in [0.1, 0.15) is 0 Å². The molecule has 0 spiro atoms. The molecule has 3 nitrogen and oxygen atoms in total. The van der Waals surface area contributed by atoms with E-state index in [1.165, 1.54) is 24.0 Å². The van der Waals surface area contributed by atoms with Gasteiger partial charge in [0.05, 0.1) is 11.7 Å². The fourth-order valence-electron chi connectivity index (χ4n) is 8.20. The summed E-state index contributed by atoms with van der Waals surface area (Å²) in [7, 11) is 0. The van der Waals surface area contributed by atoms with Gasteiger partial charge in [0.25, 0.3) is 0 Å². The van der Waals surface area contributed by atoms with Gasteiger partial charge in [-0.1, -0.05) is 32.9 Å². The minimum Gasteiger partial charge on any atom is -0.393 e. The molecule has 1 aromatic heterocycles. The number of aliphatic hydroxyl groups excluding tert-OH is 1. The maximum atomic E-state index is 11.8. The summed E-state index contributed by atoms with van der Waals surface area (Å²) in [5, 5.41) is 22.1. The molecule has 0 bridgehead atoms. The lowest BCUT2D eigenvalue weighted by Gasteiger charge is -2.66. The largest absolute Gasteiger partial charge is 0.393 e. The third-order valence-corrected chi connectivity index (χ3v) is 9.78. The first kappa shape index (κ1) is 18.8. The molecule has 3 saturated carbocycles. The van der Waals surface area contributed by atoms with Crippen molar-refractivity contribution in [1.29, 1.82) is 0 Å². The van der Waals surface area contributed by atoms with Crippen LogP contribution in [0.5, 0.6) is 0 Å². The second kappa shape index (κ2) is 6.15. The van der Waals surface area contributed by atoms with Crippen molar-refractivity contribution in [3.8, 4) is 0 Å². The number of nitrogens with zero attached hydrogens (tertiary/aromatic N) is 1. The van der Waals surface area contributed by atoms with E-state index in [1.807, 2.05) is 12.4 Å². The van der Waals surface area contributed by atoms with Crippen molar-refractivity contribution in [3.63, 3.8) is 0 Å². The van der Waals surface area contributed by atoms with Gasteiger partial charge >= 0.3 is 0 Å². The molecule has 0 radical (unpaired) electrons. The number of aromatic nitrogens is 1. The summed E-state index contributed by atoms with van der Waals surface area (Å²) in [6, 6.07) is 4.26. The molecule has 3 heteroatoms. The summed E-state index contributed by atoms with van der Waals surface area (Å²) in [6.07, 6.45) is 13.0. The highest BCUT2D eigenvalue weighted by atomic mass is 16.3. The molecule has 2 N–H and O–H groups in total. The fourth-order valence-corrected chi connectivity index (χ4v) is 8.20. The molecule has 5 rings (SSSR count). The highest BCUT2D eigenvalue weighted by molar-refractivity contribution is 5.72. The van der Waals surface area contributed by atoms with Crippen LogP contribution in [0.3, 0.4) is 0 Å². The summed E-state index contributed by atoms with van der Waals surface area (Å²) >= 11 is 0. The third kappa shape index (κ3) is 2.32. The van der Waals surface area contributed by atoms with Crippen LogP contribution in [0.15, 0.2) is 30.6 Å². The Morgan fingerprint density at radius 2 is 1.96 bits per heavy atom.